The van der Waals surface area contributed by atoms with Gasteiger partial charge in [0.25, 0.3) is 0 Å². The van der Waals surface area contributed by atoms with E-state index in [-0.39, 0.29) is 0 Å². The molecule has 15 heavy (non-hydrogen) atoms. The van der Waals surface area contributed by atoms with E-state index in [0.717, 1.165) is 10.0 Å². The van der Waals surface area contributed by atoms with Gasteiger partial charge in [-0.25, -0.2) is 4.98 Å². The zero-order chi connectivity index (χ0) is 10.7. The van der Waals surface area contributed by atoms with Crippen molar-refractivity contribution in [2.75, 3.05) is 0 Å². The summed E-state index contributed by atoms with van der Waals surface area (Å²) in [6.45, 7) is 0.558. The van der Waals surface area contributed by atoms with E-state index in [1.165, 1.54) is 0 Å². The van der Waals surface area contributed by atoms with Gasteiger partial charge in [0, 0.05) is 18.0 Å². The Balaban J connectivity index is 2.28. The van der Waals surface area contributed by atoms with Crippen LogP contribution in [0.4, 0.5) is 0 Å². The number of pyridine rings is 1. The lowest BCUT2D eigenvalue weighted by Crippen LogP contribution is -2.02. The fraction of sp³-hybridized carbons (Fsp3) is 0.100. The maximum atomic E-state index is 8.85. The molecule has 5 heteroatoms. The average molecular weight is 263 g/mol. The van der Waals surface area contributed by atoms with Crippen LogP contribution in [0.3, 0.4) is 0 Å². The number of rotatable bonds is 2. The highest BCUT2D eigenvalue weighted by Crippen LogP contribution is 2.10. The van der Waals surface area contributed by atoms with Crippen molar-refractivity contribution in [2.45, 2.75) is 6.54 Å². The molecule has 0 aromatic carbocycles. The van der Waals surface area contributed by atoms with Gasteiger partial charge in [0.2, 0.25) is 0 Å². The second kappa shape index (κ2) is 4.24. The largest absolute Gasteiger partial charge is 0.267 e. The lowest BCUT2D eigenvalue weighted by molar-refractivity contribution is 0.683. The minimum absolute atomic E-state index is 0.448. The molecule has 0 saturated carbocycles. The molecule has 4 nitrogen and oxygen atoms in total. The van der Waals surface area contributed by atoms with Crippen LogP contribution in [0.15, 0.2) is 35.2 Å². The molecule has 74 valence electrons. The number of nitriles is 1. The minimum atomic E-state index is 0.448. The lowest BCUT2D eigenvalue weighted by Gasteiger charge is -2.02. The summed E-state index contributed by atoms with van der Waals surface area (Å²) in [4.78, 5) is 3.99. The molecule has 0 aliphatic carbocycles. The molecule has 0 fully saturated rings. The monoisotopic (exact) mass is 262 g/mol. The molecule has 2 aromatic rings. The van der Waals surface area contributed by atoms with E-state index in [1.807, 2.05) is 18.3 Å². The third kappa shape index (κ3) is 2.22. The van der Waals surface area contributed by atoms with Gasteiger partial charge in [-0.05, 0) is 22.0 Å². The van der Waals surface area contributed by atoms with Crippen molar-refractivity contribution in [2.24, 2.45) is 0 Å². The van der Waals surface area contributed by atoms with Crippen molar-refractivity contribution < 1.29 is 0 Å². The molecule has 2 rings (SSSR count). The van der Waals surface area contributed by atoms with E-state index in [4.69, 9.17) is 5.26 Å². The fourth-order valence-corrected chi connectivity index (χ4v) is 1.59. The zero-order valence-electron chi connectivity index (χ0n) is 7.76. The third-order valence-electron chi connectivity index (χ3n) is 1.93. The van der Waals surface area contributed by atoms with Crippen LogP contribution >= 0.6 is 15.9 Å². The highest BCUT2D eigenvalue weighted by molar-refractivity contribution is 9.10. The molecule has 0 aliphatic rings. The maximum Gasteiger partial charge on any atom is 0.145 e. The van der Waals surface area contributed by atoms with E-state index in [2.05, 4.69) is 32.1 Å². The summed E-state index contributed by atoms with van der Waals surface area (Å²) in [6, 6.07) is 5.75. The summed E-state index contributed by atoms with van der Waals surface area (Å²) in [5.74, 6) is 0. The summed E-state index contributed by atoms with van der Waals surface area (Å²) < 4.78 is 2.67. The van der Waals surface area contributed by atoms with Gasteiger partial charge in [0.05, 0.1) is 17.2 Å². The van der Waals surface area contributed by atoms with Gasteiger partial charge in [-0.15, -0.1) is 0 Å². The van der Waals surface area contributed by atoms with Crippen LogP contribution in [0.5, 0.6) is 0 Å². The van der Waals surface area contributed by atoms with Crippen molar-refractivity contribution >= 4 is 15.9 Å². The van der Waals surface area contributed by atoms with Crippen LogP contribution in [-0.2, 0) is 6.54 Å². The summed E-state index contributed by atoms with van der Waals surface area (Å²) in [6.07, 6.45) is 5.18. The number of hydrogen-bond acceptors (Lipinski definition) is 3. The molecular weight excluding hydrogens is 256 g/mol. The van der Waals surface area contributed by atoms with Crippen molar-refractivity contribution in [3.63, 3.8) is 0 Å². The normalized spacial score (nSPS) is 9.87. The van der Waals surface area contributed by atoms with Gasteiger partial charge < -0.3 is 0 Å². The number of nitrogens with zero attached hydrogens (tertiary/aromatic N) is 4. The zero-order valence-corrected chi connectivity index (χ0v) is 9.35. The number of aromatic nitrogens is 3. The van der Waals surface area contributed by atoms with Crippen molar-refractivity contribution in [3.8, 4) is 6.07 Å². The third-order valence-corrected chi connectivity index (χ3v) is 2.34. The lowest BCUT2D eigenvalue weighted by atomic mass is 10.2. The standard InChI is InChI=1S/C10H7BrN4/c11-9-5-14-15(7-9)6-8-2-1-3-13-10(8)4-12/h1-3,5,7H,6H2. The van der Waals surface area contributed by atoms with E-state index in [9.17, 15) is 0 Å². The minimum Gasteiger partial charge on any atom is -0.267 e. The Morgan fingerprint density at radius 3 is 3.07 bits per heavy atom. The predicted octanol–water partition coefficient (Wildman–Crippen LogP) is 1.96. The second-order valence-corrected chi connectivity index (χ2v) is 3.89. The Morgan fingerprint density at radius 1 is 1.53 bits per heavy atom. The Hall–Kier alpha value is -1.67. The predicted molar refractivity (Wildman–Crippen MR) is 58.0 cm³/mol. The molecule has 0 saturated heterocycles. The fourth-order valence-electron chi connectivity index (χ4n) is 1.27. The first-order valence-corrected chi connectivity index (χ1v) is 5.11. The molecule has 0 unspecified atom stereocenters. The summed E-state index contributed by atoms with van der Waals surface area (Å²) >= 11 is 3.32. The molecule has 0 N–H and O–H groups in total. The Morgan fingerprint density at radius 2 is 2.40 bits per heavy atom. The molecule has 0 bridgehead atoms. The first kappa shape index (κ1) is 9.87. The highest BCUT2D eigenvalue weighted by atomic mass is 79.9. The van der Waals surface area contributed by atoms with Crippen LogP contribution in [0, 0.1) is 11.3 Å². The first-order valence-electron chi connectivity index (χ1n) is 4.31. The highest BCUT2D eigenvalue weighted by Gasteiger charge is 2.03. The van der Waals surface area contributed by atoms with Gasteiger partial charge in [-0.2, -0.15) is 10.4 Å². The van der Waals surface area contributed by atoms with Crippen LogP contribution in [0.1, 0.15) is 11.3 Å². The second-order valence-electron chi connectivity index (χ2n) is 2.98. The molecule has 0 spiro atoms. The molecule has 0 amide bonds. The Bertz CT molecular complexity index is 512. The topological polar surface area (TPSA) is 54.5 Å². The molecule has 0 radical (unpaired) electrons. The molecule has 0 atom stereocenters. The van der Waals surface area contributed by atoms with Crippen LogP contribution in [0.2, 0.25) is 0 Å². The van der Waals surface area contributed by atoms with Gasteiger partial charge >= 0.3 is 0 Å². The molecule has 0 aliphatic heterocycles. The van der Waals surface area contributed by atoms with Gasteiger partial charge in [0.15, 0.2) is 0 Å². The van der Waals surface area contributed by atoms with E-state index in [1.54, 1.807) is 17.1 Å². The van der Waals surface area contributed by atoms with Crippen molar-refractivity contribution in [1.82, 2.24) is 14.8 Å². The summed E-state index contributed by atoms with van der Waals surface area (Å²) in [5.41, 5.74) is 1.32. The van der Waals surface area contributed by atoms with Crippen LogP contribution < -0.4 is 0 Å². The number of hydrogen-bond donors (Lipinski definition) is 0. The average Bonchev–Trinajstić information content (AvgIpc) is 2.65. The molecular formula is C10H7BrN4. The van der Waals surface area contributed by atoms with E-state index < -0.39 is 0 Å². The summed E-state index contributed by atoms with van der Waals surface area (Å²) in [5, 5.41) is 13.0. The molecule has 2 heterocycles. The van der Waals surface area contributed by atoms with Gasteiger partial charge in [0.1, 0.15) is 11.8 Å². The SMILES string of the molecule is N#Cc1ncccc1Cn1cc(Br)cn1. The first-order chi connectivity index (χ1) is 7.29. The Kier molecular flexibility index (Phi) is 2.79. The molecule has 2 aromatic heterocycles. The number of halogens is 1. The quantitative estimate of drug-likeness (QED) is 0.832. The van der Waals surface area contributed by atoms with E-state index in [0.29, 0.717) is 12.2 Å². The summed E-state index contributed by atoms with van der Waals surface area (Å²) in [7, 11) is 0. The van der Waals surface area contributed by atoms with Crippen LogP contribution in [0.25, 0.3) is 0 Å². The van der Waals surface area contributed by atoms with Crippen LogP contribution in [-0.4, -0.2) is 14.8 Å². The van der Waals surface area contributed by atoms with E-state index >= 15 is 0 Å². The van der Waals surface area contributed by atoms with Gasteiger partial charge in [-0.3, -0.25) is 4.68 Å². The van der Waals surface area contributed by atoms with Crippen molar-refractivity contribution in [3.05, 3.63) is 46.5 Å². The Labute approximate surface area is 95.3 Å². The van der Waals surface area contributed by atoms with Crippen molar-refractivity contribution in [1.29, 1.82) is 5.26 Å². The van der Waals surface area contributed by atoms with Gasteiger partial charge in [-0.1, -0.05) is 6.07 Å². The maximum absolute atomic E-state index is 8.85. The smallest absolute Gasteiger partial charge is 0.145 e.